The zero-order valence-corrected chi connectivity index (χ0v) is 13.3. The van der Waals surface area contributed by atoms with Gasteiger partial charge in [-0.2, -0.15) is 20.0 Å². The molecule has 2 aromatic heterocycles. The molecule has 0 amide bonds. The lowest BCUT2D eigenvalue weighted by Gasteiger charge is -2.03. The number of aryl methyl sites for hydroxylation is 1. The number of hydrogen-bond donors (Lipinski definition) is 3. The Morgan fingerprint density at radius 2 is 2.13 bits per heavy atom. The number of methoxy groups -OCH3 is 1. The Labute approximate surface area is 136 Å². The molecule has 0 unspecified atom stereocenters. The first-order valence-electron chi connectivity index (χ1n) is 6.69. The summed E-state index contributed by atoms with van der Waals surface area (Å²) in [5.74, 6) is 0.937. The fraction of sp³-hybridized carbons (Fsp3) is 0.143. The lowest BCUT2D eigenvalue weighted by molar-refractivity contribution is 0.373. The number of rotatable bonds is 4. The van der Waals surface area contributed by atoms with E-state index in [1.807, 2.05) is 13.0 Å². The van der Waals surface area contributed by atoms with Crippen molar-refractivity contribution in [2.75, 3.05) is 7.11 Å². The summed E-state index contributed by atoms with van der Waals surface area (Å²) in [4.78, 5) is 0. The minimum Gasteiger partial charge on any atom is -0.504 e. The third-order valence-electron chi connectivity index (χ3n) is 3.11. The predicted molar refractivity (Wildman–Crippen MR) is 87.4 cm³/mol. The summed E-state index contributed by atoms with van der Waals surface area (Å²) in [5.41, 5.74) is 2.29. The maximum atomic E-state index is 9.61. The third kappa shape index (κ3) is 2.99. The van der Waals surface area contributed by atoms with E-state index in [0.29, 0.717) is 22.0 Å². The minimum absolute atomic E-state index is 0.0669. The van der Waals surface area contributed by atoms with E-state index in [2.05, 4.69) is 25.5 Å². The summed E-state index contributed by atoms with van der Waals surface area (Å²) in [6, 6.07) is 6.76. The van der Waals surface area contributed by atoms with E-state index in [0.717, 1.165) is 11.3 Å². The maximum Gasteiger partial charge on any atom is 0.216 e. The van der Waals surface area contributed by atoms with Crippen molar-refractivity contribution < 1.29 is 9.84 Å². The first-order chi connectivity index (χ1) is 11.1. The van der Waals surface area contributed by atoms with E-state index in [-0.39, 0.29) is 5.75 Å². The van der Waals surface area contributed by atoms with Crippen LogP contribution in [0, 0.1) is 11.7 Å². The van der Waals surface area contributed by atoms with Crippen LogP contribution in [0.4, 0.5) is 0 Å². The summed E-state index contributed by atoms with van der Waals surface area (Å²) < 4.78 is 6.90. The van der Waals surface area contributed by atoms with Gasteiger partial charge in [0, 0.05) is 5.69 Å². The number of phenols is 1. The highest BCUT2D eigenvalue weighted by Gasteiger charge is 2.11. The van der Waals surface area contributed by atoms with Crippen molar-refractivity contribution in [3.63, 3.8) is 0 Å². The standard InChI is InChI=1S/C14H14N6O2S/c1-8-5-10(17-16-8)13-18-19-14(23)20(13)15-7-9-3-4-11(21)12(6-9)22-2/h3-7,21H,1-2H3,(H,16,17)(H,19,23). The lowest BCUT2D eigenvalue weighted by Crippen LogP contribution is -1.95. The van der Waals surface area contributed by atoms with Gasteiger partial charge in [0.25, 0.3) is 0 Å². The number of aromatic hydroxyl groups is 1. The van der Waals surface area contributed by atoms with Gasteiger partial charge >= 0.3 is 0 Å². The smallest absolute Gasteiger partial charge is 0.216 e. The number of phenolic OH excluding ortho intramolecular Hbond substituents is 1. The maximum absolute atomic E-state index is 9.61. The van der Waals surface area contributed by atoms with Gasteiger partial charge in [0.15, 0.2) is 11.5 Å². The predicted octanol–water partition coefficient (Wildman–Crippen LogP) is 2.24. The van der Waals surface area contributed by atoms with E-state index >= 15 is 0 Å². The van der Waals surface area contributed by atoms with Crippen molar-refractivity contribution in [2.45, 2.75) is 6.92 Å². The molecule has 0 spiro atoms. The highest BCUT2D eigenvalue weighted by molar-refractivity contribution is 7.71. The van der Waals surface area contributed by atoms with Crippen molar-refractivity contribution >= 4 is 18.4 Å². The molecule has 0 saturated carbocycles. The van der Waals surface area contributed by atoms with E-state index < -0.39 is 0 Å². The molecule has 3 rings (SSSR count). The van der Waals surface area contributed by atoms with Crippen molar-refractivity contribution in [3.8, 4) is 23.0 Å². The molecule has 0 atom stereocenters. The van der Waals surface area contributed by atoms with Crippen molar-refractivity contribution in [1.82, 2.24) is 25.1 Å². The molecule has 0 aliphatic rings. The number of benzene rings is 1. The number of H-pyrrole nitrogens is 2. The second-order valence-corrected chi connectivity index (χ2v) is 5.16. The summed E-state index contributed by atoms with van der Waals surface area (Å²) in [6.07, 6.45) is 1.59. The van der Waals surface area contributed by atoms with Crippen LogP contribution in [0.1, 0.15) is 11.3 Å². The van der Waals surface area contributed by atoms with Crippen molar-refractivity contribution in [2.24, 2.45) is 5.10 Å². The summed E-state index contributed by atoms with van der Waals surface area (Å²) in [6.45, 7) is 1.90. The Hall–Kier alpha value is -2.94. The van der Waals surface area contributed by atoms with Gasteiger partial charge in [-0.1, -0.05) is 0 Å². The third-order valence-corrected chi connectivity index (χ3v) is 3.38. The van der Waals surface area contributed by atoms with Crippen LogP contribution in [-0.2, 0) is 0 Å². The first-order valence-corrected chi connectivity index (χ1v) is 7.10. The highest BCUT2D eigenvalue weighted by Crippen LogP contribution is 2.25. The Bertz CT molecular complexity index is 923. The molecule has 3 N–H and O–H groups in total. The Kier molecular flexibility index (Phi) is 3.94. The molecule has 23 heavy (non-hydrogen) atoms. The summed E-state index contributed by atoms with van der Waals surface area (Å²) >= 11 is 5.19. The van der Waals surface area contributed by atoms with Crippen LogP contribution < -0.4 is 4.74 Å². The van der Waals surface area contributed by atoms with Gasteiger partial charge in [-0.3, -0.25) is 5.10 Å². The average Bonchev–Trinajstić information content (AvgIpc) is 3.12. The van der Waals surface area contributed by atoms with Gasteiger partial charge in [0.2, 0.25) is 10.6 Å². The Morgan fingerprint density at radius 1 is 1.30 bits per heavy atom. The van der Waals surface area contributed by atoms with E-state index in [9.17, 15) is 5.11 Å². The molecular weight excluding hydrogens is 316 g/mol. The highest BCUT2D eigenvalue weighted by atomic mass is 32.1. The van der Waals surface area contributed by atoms with Crippen LogP contribution in [0.2, 0.25) is 0 Å². The fourth-order valence-corrected chi connectivity index (χ4v) is 2.18. The van der Waals surface area contributed by atoms with Crippen LogP contribution in [0.5, 0.6) is 11.5 Å². The number of hydrogen-bond acceptors (Lipinski definition) is 6. The Balaban J connectivity index is 1.97. The van der Waals surface area contributed by atoms with Gasteiger partial charge in [-0.15, -0.1) is 0 Å². The lowest BCUT2D eigenvalue weighted by atomic mass is 10.2. The molecule has 0 bridgehead atoms. The second kappa shape index (κ2) is 6.05. The van der Waals surface area contributed by atoms with Gasteiger partial charge < -0.3 is 9.84 Å². The molecule has 118 valence electrons. The molecule has 8 nitrogen and oxygen atoms in total. The molecule has 0 radical (unpaired) electrons. The SMILES string of the molecule is COc1cc(C=Nn2c(-c3cc(C)[nH]n3)n[nH]c2=S)ccc1O. The van der Waals surface area contributed by atoms with Crippen LogP contribution in [-0.4, -0.2) is 43.5 Å². The Morgan fingerprint density at radius 3 is 2.83 bits per heavy atom. The van der Waals surface area contributed by atoms with Gasteiger partial charge in [-0.05, 0) is 49.0 Å². The van der Waals surface area contributed by atoms with E-state index in [1.165, 1.54) is 17.9 Å². The molecular formula is C14H14N6O2S. The van der Waals surface area contributed by atoms with Gasteiger partial charge in [-0.25, -0.2) is 5.10 Å². The zero-order chi connectivity index (χ0) is 16.4. The number of aromatic nitrogens is 5. The van der Waals surface area contributed by atoms with Crippen LogP contribution in [0.25, 0.3) is 11.5 Å². The van der Waals surface area contributed by atoms with Crippen LogP contribution >= 0.6 is 12.2 Å². The molecule has 9 heteroatoms. The topological polar surface area (TPSA) is 104 Å². The monoisotopic (exact) mass is 330 g/mol. The fourth-order valence-electron chi connectivity index (χ4n) is 2.00. The van der Waals surface area contributed by atoms with Crippen LogP contribution in [0.3, 0.4) is 0 Å². The number of nitrogens with zero attached hydrogens (tertiary/aromatic N) is 4. The molecule has 0 saturated heterocycles. The zero-order valence-electron chi connectivity index (χ0n) is 12.4. The van der Waals surface area contributed by atoms with Gasteiger partial charge in [0.05, 0.1) is 13.3 Å². The van der Waals surface area contributed by atoms with Crippen molar-refractivity contribution in [1.29, 1.82) is 0 Å². The first kappa shape index (κ1) is 15.0. The van der Waals surface area contributed by atoms with E-state index in [4.69, 9.17) is 17.0 Å². The number of nitrogens with one attached hydrogen (secondary N) is 2. The molecule has 1 aromatic carbocycles. The molecule has 3 aromatic rings. The largest absolute Gasteiger partial charge is 0.504 e. The molecule has 0 fully saturated rings. The quantitative estimate of drug-likeness (QED) is 0.503. The molecule has 0 aliphatic carbocycles. The summed E-state index contributed by atoms with van der Waals surface area (Å²) in [7, 11) is 1.49. The van der Waals surface area contributed by atoms with Crippen LogP contribution in [0.15, 0.2) is 29.4 Å². The number of aromatic amines is 2. The molecule has 0 aliphatic heterocycles. The molecule has 2 heterocycles. The van der Waals surface area contributed by atoms with E-state index in [1.54, 1.807) is 18.3 Å². The second-order valence-electron chi connectivity index (χ2n) is 4.78. The number of ether oxygens (including phenoxy) is 1. The summed E-state index contributed by atoms with van der Waals surface area (Å²) in [5, 5.41) is 27.8. The van der Waals surface area contributed by atoms with Crippen molar-refractivity contribution in [3.05, 3.63) is 40.3 Å². The minimum atomic E-state index is 0.0669. The normalized spacial score (nSPS) is 11.2. The average molecular weight is 330 g/mol. The van der Waals surface area contributed by atoms with Gasteiger partial charge in [0.1, 0.15) is 5.69 Å².